The van der Waals surface area contributed by atoms with E-state index in [1.165, 1.54) is 77.0 Å². The van der Waals surface area contributed by atoms with Gasteiger partial charge in [0.1, 0.15) is 5.71 Å². The highest BCUT2D eigenvalue weighted by Gasteiger charge is 2.18. The van der Waals surface area contributed by atoms with Crippen LogP contribution in [0.2, 0.25) is 0 Å². The van der Waals surface area contributed by atoms with Gasteiger partial charge in [-0.1, -0.05) is 81.9 Å². The van der Waals surface area contributed by atoms with Gasteiger partial charge in [-0.15, -0.1) is 0 Å². The first-order valence-electron chi connectivity index (χ1n) is 11.2. The summed E-state index contributed by atoms with van der Waals surface area (Å²) in [6, 6.07) is 0. The summed E-state index contributed by atoms with van der Waals surface area (Å²) in [7, 11) is 0. The van der Waals surface area contributed by atoms with Crippen molar-refractivity contribution in [2.45, 2.75) is 96.3 Å². The number of allylic oxidation sites excluding steroid dienone is 2. The molecule has 4 heteroatoms. The Hall–Kier alpha value is -1.03. The lowest BCUT2D eigenvalue weighted by Gasteiger charge is -2.31. The molecule has 4 nitrogen and oxygen atoms in total. The van der Waals surface area contributed by atoms with Crippen molar-refractivity contribution in [3.8, 4) is 0 Å². The predicted octanol–water partition coefficient (Wildman–Crippen LogP) is 5.90. The maximum atomic E-state index is 9.64. The molecule has 1 N–H and O–H groups in total. The highest BCUT2D eigenvalue weighted by molar-refractivity contribution is 5.99. The molecule has 150 valence electrons. The quantitative estimate of drug-likeness (QED) is 0.465. The van der Waals surface area contributed by atoms with Crippen LogP contribution in [-0.4, -0.2) is 42.1 Å². The third-order valence-electron chi connectivity index (χ3n) is 5.72. The zero-order valence-electron chi connectivity index (χ0n) is 16.8. The molecule has 1 saturated heterocycles. The van der Waals surface area contributed by atoms with Crippen LogP contribution >= 0.6 is 0 Å². The van der Waals surface area contributed by atoms with Crippen LogP contribution in [0.4, 0.5) is 0 Å². The van der Waals surface area contributed by atoms with E-state index in [1.807, 2.05) is 0 Å². The summed E-state index contributed by atoms with van der Waals surface area (Å²) in [6.07, 6.45) is 21.7. The number of rotatable bonds is 1. The summed E-state index contributed by atoms with van der Waals surface area (Å²) in [5.41, 5.74) is 2.05. The molecule has 2 aliphatic rings. The molecule has 0 amide bonds. The van der Waals surface area contributed by atoms with Gasteiger partial charge in [0.25, 0.3) is 0 Å². The molecular weight excluding hydrogens is 324 g/mol. The minimum Gasteiger partial charge on any atom is -0.411 e. The molecule has 1 aliphatic carbocycles. The zero-order chi connectivity index (χ0) is 18.3. The standard InChI is InChI=1S/C22H40N2O2/c25-23-21-15-13-11-9-7-5-3-1-2-4-6-8-10-12-14-16-22(21)24-17-19-26-20-18-24/h16,25H,1-15,17-20H2/b22-16-,23-21-. The third kappa shape index (κ3) is 8.57. The maximum absolute atomic E-state index is 9.64. The van der Waals surface area contributed by atoms with E-state index < -0.39 is 0 Å². The highest BCUT2D eigenvalue weighted by atomic mass is 16.5. The van der Waals surface area contributed by atoms with Gasteiger partial charge in [0.2, 0.25) is 0 Å². The van der Waals surface area contributed by atoms with E-state index in [2.05, 4.69) is 16.1 Å². The van der Waals surface area contributed by atoms with E-state index in [-0.39, 0.29) is 0 Å². The van der Waals surface area contributed by atoms with Crippen LogP contribution in [0.15, 0.2) is 16.9 Å². The van der Waals surface area contributed by atoms with Crippen molar-refractivity contribution in [2.24, 2.45) is 5.16 Å². The Bertz CT molecular complexity index is 414. The molecule has 0 saturated carbocycles. The molecular formula is C22H40N2O2. The molecule has 0 unspecified atom stereocenters. The van der Waals surface area contributed by atoms with Crippen molar-refractivity contribution in [1.82, 2.24) is 4.90 Å². The van der Waals surface area contributed by atoms with Gasteiger partial charge < -0.3 is 14.8 Å². The Morgan fingerprint density at radius 2 is 1.23 bits per heavy atom. The monoisotopic (exact) mass is 364 g/mol. The number of ether oxygens (including phenoxy) is 1. The predicted molar refractivity (Wildman–Crippen MR) is 109 cm³/mol. The molecule has 1 fully saturated rings. The SMILES string of the molecule is O/N=C1CCCCCCCCCCCCCCC/C=C/1N1CCOCC1. The topological polar surface area (TPSA) is 45.1 Å². The second-order valence-corrected chi connectivity index (χ2v) is 7.87. The molecule has 0 radical (unpaired) electrons. The fourth-order valence-electron chi connectivity index (χ4n) is 4.08. The van der Waals surface area contributed by atoms with Gasteiger partial charge in [-0.3, -0.25) is 0 Å². The van der Waals surface area contributed by atoms with E-state index in [4.69, 9.17) is 4.74 Å². The lowest BCUT2D eigenvalue weighted by Crippen LogP contribution is -2.38. The Kier molecular flexibility index (Phi) is 11.5. The van der Waals surface area contributed by atoms with Gasteiger partial charge in [-0.2, -0.15) is 0 Å². The summed E-state index contributed by atoms with van der Waals surface area (Å²) in [5, 5.41) is 13.3. The molecule has 1 aliphatic heterocycles. The summed E-state index contributed by atoms with van der Waals surface area (Å²) in [5.74, 6) is 0. The fraction of sp³-hybridized carbons (Fsp3) is 0.864. The van der Waals surface area contributed by atoms with Gasteiger partial charge in [0.15, 0.2) is 0 Å². The van der Waals surface area contributed by atoms with Crippen LogP contribution in [0.1, 0.15) is 96.3 Å². The minimum absolute atomic E-state index is 0.774. The van der Waals surface area contributed by atoms with Crippen molar-refractivity contribution in [3.05, 3.63) is 11.8 Å². The van der Waals surface area contributed by atoms with Crippen molar-refractivity contribution >= 4 is 5.71 Å². The van der Waals surface area contributed by atoms with Crippen molar-refractivity contribution in [3.63, 3.8) is 0 Å². The molecule has 0 bridgehead atoms. The molecule has 0 aromatic carbocycles. The van der Waals surface area contributed by atoms with Gasteiger partial charge in [-0.05, 0) is 25.7 Å². The second kappa shape index (κ2) is 14.1. The van der Waals surface area contributed by atoms with Crippen LogP contribution in [0.25, 0.3) is 0 Å². The van der Waals surface area contributed by atoms with Gasteiger partial charge in [-0.25, -0.2) is 0 Å². The fourth-order valence-corrected chi connectivity index (χ4v) is 4.08. The smallest absolute Gasteiger partial charge is 0.102 e. The first kappa shape index (κ1) is 21.3. The van der Waals surface area contributed by atoms with Crippen molar-refractivity contribution in [2.75, 3.05) is 26.3 Å². The average Bonchev–Trinajstić information content (AvgIpc) is 2.68. The second-order valence-electron chi connectivity index (χ2n) is 7.87. The van der Waals surface area contributed by atoms with Crippen LogP contribution in [0, 0.1) is 0 Å². The van der Waals surface area contributed by atoms with Gasteiger partial charge in [0.05, 0.1) is 18.9 Å². The van der Waals surface area contributed by atoms with E-state index >= 15 is 0 Å². The van der Waals surface area contributed by atoms with E-state index in [0.29, 0.717) is 0 Å². The molecule has 1 heterocycles. The molecule has 0 aromatic rings. The van der Waals surface area contributed by atoms with Gasteiger partial charge in [0, 0.05) is 13.1 Å². The molecule has 2 rings (SSSR count). The Morgan fingerprint density at radius 3 is 1.77 bits per heavy atom. The number of oxime groups is 1. The Morgan fingerprint density at radius 1 is 0.731 bits per heavy atom. The van der Waals surface area contributed by atoms with Crippen LogP contribution in [0.3, 0.4) is 0 Å². The average molecular weight is 365 g/mol. The van der Waals surface area contributed by atoms with E-state index in [9.17, 15) is 5.21 Å². The molecule has 0 aromatic heterocycles. The number of morpholine rings is 1. The largest absolute Gasteiger partial charge is 0.411 e. The summed E-state index contributed by atoms with van der Waals surface area (Å²) in [4.78, 5) is 2.36. The summed E-state index contributed by atoms with van der Waals surface area (Å²) in [6.45, 7) is 3.36. The zero-order valence-corrected chi connectivity index (χ0v) is 16.8. The first-order valence-corrected chi connectivity index (χ1v) is 11.2. The number of hydrogen-bond acceptors (Lipinski definition) is 4. The maximum Gasteiger partial charge on any atom is 0.102 e. The van der Waals surface area contributed by atoms with E-state index in [1.54, 1.807) is 0 Å². The molecule has 0 spiro atoms. The normalized spacial score (nSPS) is 27.3. The number of nitrogens with zero attached hydrogens (tertiary/aromatic N) is 2. The molecule has 0 atom stereocenters. The van der Waals surface area contributed by atoms with Crippen LogP contribution < -0.4 is 0 Å². The van der Waals surface area contributed by atoms with Crippen molar-refractivity contribution in [1.29, 1.82) is 0 Å². The summed E-state index contributed by atoms with van der Waals surface area (Å²) < 4.78 is 5.50. The Labute approximate surface area is 160 Å². The van der Waals surface area contributed by atoms with E-state index in [0.717, 1.165) is 57.0 Å². The lowest BCUT2D eigenvalue weighted by atomic mass is 10.0. The summed E-state index contributed by atoms with van der Waals surface area (Å²) >= 11 is 0. The number of hydrogen-bond donors (Lipinski definition) is 1. The van der Waals surface area contributed by atoms with Crippen LogP contribution in [-0.2, 0) is 4.74 Å². The third-order valence-corrected chi connectivity index (χ3v) is 5.72. The van der Waals surface area contributed by atoms with Gasteiger partial charge >= 0.3 is 0 Å². The molecule has 26 heavy (non-hydrogen) atoms. The first-order chi connectivity index (χ1) is 12.9. The minimum atomic E-state index is 0.774. The highest BCUT2D eigenvalue weighted by Crippen LogP contribution is 2.19. The van der Waals surface area contributed by atoms with Crippen molar-refractivity contribution < 1.29 is 9.94 Å². The lowest BCUT2D eigenvalue weighted by molar-refractivity contribution is 0.0560. The van der Waals surface area contributed by atoms with Crippen LogP contribution in [0.5, 0.6) is 0 Å². The Balaban J connectivity index is 1.93.